The van der Waals surface area contributed by atoms with E-state index in [1.54, 1.807) is 17.9 Å². The molecule has 4 aromatic carbocycles. The first-order valence-corrected chi connectivity index (χ1v) is 13.8. The number of carbonyl (C=O) groups is 1. The van der Waals surface area contributed by atoms with Crippen LogP contribution in [0.3, 0.4) is 0 Å². The van der Waals surface area contributed by atoms with Gasteiger partial charge in [-0.25, -0.2) is 10.2 Å². The molecule has 0 spiro atoms. The van der Waals surface area contributed by atoms with Crippen molar-refractivity contribution in [2.75, 3.05) is 7.11 Å². The second-order valence-electron chi connectivity index (χ2n) is 9.66. The molecule has 0 aliphatic rings. The largest absolute Gasteiger partial charge is 0.497 e. The molecule has 8 nitrogen and oxygen atoms in total. The Balaban J connectivity index is 1.24. The number of hydroxylamine groups is 1. The summed E-state index contributed by atoms with van der Waals surface area (Å²) in [6.45, 7) is 0.229. The number of allylic oxidation sites excluding steroid dienone is 1. The van der Waals surface area contributed by atoms with Crippen molar-refractivity contribution in [2.45, 2.75) is 19.1 Å². The van der Waals surface area contributed by atoms with Crippen LogP contribution in [0.25, 0.3) is 12.2 Å². The summed E-state index contributed by atoms with van der Waals surface area (Å²) < 4.78 is 13.0. The molecule has 0 aliphatic heterocycles. The number of amides is 1. The van der Waals surface area contributed by atoms with Crippen LogP contribution in [0.1, 0.15) is 28.4 Å². The lowest BCUT2D eigenvalue weighted by molar-refractivity contribution is -0.129. The lowest BCUT2D eigenvalue weighted by Crippen LogP contribution is -2.21. The number of nitrogens with one attached hydrogen (secondary N) is 1. The third-order valence-electron chi connectivity index (χ3n) is 6.48. The first-order valence-electron chi connectivity index (χ1n) is 13.8. The molecule has 5 rings (SSSR count). The Morgan fingerprint density at radius 2 is 1.58 bits per heavy atom. The number of benzene rings is 4. The smallest absolute Gasteiger partial charge is 0.267 e. The maximum atomic E-state index is 12.3. The summed E-state index contributed by atoms with van der Waals surface area (Å²) in [5.41, 5.74) is 6.03. The molecular weight excluding hydrogens is 540 g/mol. The van der Waals surface area contributed by atoms with Crippen molar-refractivity contribution in [3.05, 3.63) is 150 Å². The molecule has 5 aromatic rings. The minimum absolute atomic E-state index is 0.136. The molecule has 0 radical (unpaired) electrons. The molecule has 0 aliphatic carbocycles. The molecule has 1 N–H and O–H groups in total. The highest BCUT2D eigenvalue weighted by molar-refractivity contribution is 5.90. The topological polar surface area (TPSA) is 87.5 Å². The number of aromatic nitrogens is 3. The van der Waals surface area contributed by atoms with Crippen LogP contribution < -0.4 is 15.0 Å². The van der Waals surface area contributed by atoms with E-state index in [2.05, 4.69) is 34.0 Å². The molecule has 0 saturated heterocycles. The molecule has 0 bridgehead atoms. The average molecular weight is 573 g/mol. The van der Waals surface area contributed by atoms with Crippen molar-refractivity contribution < 1.29 is 19.1 Å². The molecule has 0 saturated carbocycles. The molecule has 1 atom stereocenters. The summed E-state index contributed by atoms with van der Waals surface area (Å²) in [4.78, 5) is 17.6. The predicted octanol–water partition coefficient (Wildman–Crippen LogP) is 6.84. The number of ether oxygens (including phenoxy) is 2. The van der Waals surface area contributed by atoms with Crippen LogP contribution in [0, 0.1) is 0 Å². The van der Waals surface area contributed by atoms with Crippen molar-refractivity contribution in [3.8, 4) is 17.2 Å². The SMILES string of the molecule is COc1ccc(CONC(=O)/C=C/c2cn(C(/C=C/c3ccccc3)Cc3cccc(Oc4ccccc4)c3)nn2)cc1. The average Bonchev–Trinajstić information content (AvgIpc) is 3.53. The highest BCUT2D eigenvalue weighted by Crippen LogP contribution is 2.25. The van der Waals surface area contributed by atoms with E-state index in [4.69, 9.17) is 14.3 Å². The van der Waals surface area contributed by atoms with Gasteiger partial charge < -0.3 is 9.47 Å². The Kier molecular flexibility index (Phi) is 10.1. The van der Waals surface area contributed by atoms with E-state index in [1.807, 2.05) is 109 Å². The zero-order chi connectivity index (χ0) is 29.7. The van der Waals surface area contributed by atoms with Gasteiger partial charge in [0, 0.05) is 6.08 Å². The van der Waals surface area contributed by atoms with E-state index in [9.17, 15) is 4.79 Å². The number of para-hydroxylation sites is 1. The van der Waals surface area contributed by atoms with Crippen LogP contribution in [0.4, 0.5) is 0 Å². The summed E-state index contributed by atoms with van der Waals surface area (Å²) in [6, 6.07) is 35.1. The summed E-state index contributed by atoms with van der Waals surface area (Å²) in [7, 11) is 1.61. The number of hydrogen-bond donors (Lipinski definition) is 1. The molecule has 1 heterocycles. The first-order chi connectivity index (χ1) is 21.1. The van der Waals surface area contributed by atoms with E-state index in [-0.39, 0.29) is 12.6 Å². The van der Waals surface area contributed by atoms with Gasteiger partial charge in [0.15, 0.2) is 0 Å². The highest BCUT2D eigenvalue weighted by atomic mass is 16.6. The van der Waals surface area contributed by atoms with E-state index >= 15 is 0 Å². The molecule has 1 amide bonds. The maximum absolute atomic E-state index is 12.3. The number of methoxy groups -OCH3 is 1. The van der Waals surface area contributed by atoms with Gasteiger partial charge in [-0.05, 0) is 65.6 Å². The van der Waals surface area contributed by atoms with Crippen molar-refractivity contribution in [2.24, 2.45) is 0 Å². The summed E-state index contributed by atoms with van der Waals surface area (Å²) in [5.74, 6) is 1.89. The lowest BCUT2D eigenvalue weighted by atomic mass is 10.0. The van der Waals surface area contributed by atoms with Crippen LogP contribution in [0.15, 0.2) is 128 Å². The van der Waals surface area contributed by atoms with Gasteiger partial charge in [-0.3, -0.25) is 9.63 Å². The van der Waals surface area contributed by atoms with Crippen LogP contribution in [-0.4, -0.2) is 28.0 Å². The molecular formula is C35H32N4O4. The first kappa shape index (κ1) is 29.0. The van der Waals surface area contributed by atoms with Crippen molar-refractivity contribution in [1.82, 2.24) is 20.5 Å². The van der Waals surface area contributed by atoms with Crippen molar-refractivity contribution in [3.63, 3.8) is 0 Å². The second-order valence-corrected chi connectivity index (χ2v) is 9.66. The van der Waals surface area contributed by atoms with Gasteiger partial charge in [-0.1, -0.05) is 90.2 Å². The Labute approximate surface area is 250 Å². The lowest BCUT2D eigenvalue weighted by Gasteiger charge is -2.14. The van der Waals surface area contributed by atoms with Crippen LogP contribution in [0.2, 0.25) is 0 Å². The zero-order valence-electron chi connectivity index (χ0n) is 23.7. The number of carbonyl (C=O) groups excluding carboxylic acids is 1. The van der Waals surface area contributed by atoms with E-state index < -0.39 is 5.91 Å². The van der Waals surface area contributed by atoms with Gasteiger partial charge in [0.25, 0.3) is 5.91 Å². The molecule has 43 heavy (non-hydrogen) atoms. The summed E-state index contributed by atoms with van der Waals surface area (Å²) in [6.07, 6.45) is 9.60. The zero-order valence-corrected chi connectivity index (χ0v) is 23.7. The summed E-state index contributed by atoms with van der Waals surface area (Å²) >= 11 is 0. The number of rotatable bonds is 13. The van der Waals surface area contributed by atoms with Gasteiger partial charge in [-0.2, -0.15) is 0 Å². The minimum atomic E-state index is -0.404. The fraction of sp³-hybridized carbons (Fsp3) is 0.114. The Bertz CT molecular complexity index is 1650. The van der Waals surface area contributed by atoms with Gasteiger partial charge >= 0.3 is 0 Å². The number of hydrogen-bond acceptors (Lipinski definition) is 6. The van der Waals surface area contributed by atoms with Crippen molar-refractivity contribution >= 4 is 18.1 Å². The molecule has 216 valence electrons. The standard InChI is InChI=1S/C35H32N4O4/c1-41-32-20-16-28(17-21-32)26-42-37-35(40)22-18-30-25-39(38-36-30)31(19-15-27-9-4-2-5-10-27)23-29-11-8-14-34(24-29)43-33-12-6-3-7-13-33/h2-22,24-25,31H,23,26H2,1H3,(H,37,40)/b19-15+,22-18+. The number of nitrogens with zero attached hydrogens (tertiary/aromatic N) is 3. The van der Waals surface area contributed by atoms with Crippen molar-refractivity contribution in [1.29, 1.82) is 0 Å². The minimum Gasteiger partial charge on any atom is -0.497 e. The monoisotopic (exact) mass is 572 g/mol. The Morgan fingerprint density at radius 1 is 0.837 bits per heavy atom. The highest BCUT2D eigenvalue weighted by Gasteiger charge is 2.12. The maximum Gasteiger partial charge on any atom is 0.267 e. The Hall–Kier alpha value is -5.47. The van der Waals surface area contributed by atoms with Gasteiger partial charge in [0.05, 0.1) is 26.0 Å². The molecule has 8 heteroatoms. The fourth-order valence-corrected chi connectivity index (χ4v) is 4.27. The molecule has 1 unspecified atom stereocenters. The second kappa shape index (κ2) is 15.0. The van der Waals surface area contributed by atoms with E-state index in [0.717, 1.165) is 33.9 Å². The molecule has 0 fully saturated rings. The third-order valence-corrected chi connectivity index (χ3v) is 6.48. The van der Waals surface area contributed by atoms with Crippen LogP contribution in [-0.2, 0) is 22.7 Å². The Morgan fingerprint density at radius 3 is 2.35 bits per heavy atom. The quantitative estimate of drug-likeness (QED) is 0.123. The fourth-order valence-electron chi connectivity index (χ4n) is 4.27. The molecule has 1 aromatic heterocycles. The van der Waals surface area contributed by atoms with Gasteiger partial charge in [0.2, 0.25) is 0 Å². The summed E-state index contributed by atoms with van der Waals surface area (Å²) in [5, 5.41) is 8.63. The normalized spacial score (nSPS) is 11.9. The third kappa shape index (κ3) is 9.01. The van der Waals surface area contributed by atoms with E-state index in [1.165, 1.54) is 6.08 Å². The van der Waals surface area contributed by atoms with E-state index in [0.29, 0.717) is 12.1 Å². The van der Waals surface area contributed by atoms with Crippen LogP contribution in [0.5, 0.6) is 17.2 Å². The van der Waals surface area contributed by atoms with Crippen LogP contribution >= 0.6 is 0 Å². The predicted molar refractivity (Wildman–Crippen MR) is 166 cm³/mol. The van der Waals surface area contributed by atoms with Gasteiger partial charge in [0.1, 0.15) is 22.9 Å². The van der Waals surface area contributed by atoms with Gasteiger partial charge in [-0.15, -0.1) is 5.10 Å².